The summed E-state index contributed by atoms with van der Waals surface area (Å²) in [5, 5.41) is 9.81. The number of benzene rings is 1. The molecule has 0 saturated heterocycles. The zero-order valence-corrected chi connectivity index (χ0v) is 10.6. The number of carbonyl (C=O) groups is 3. The number of carbonyl (C=O) groups excluding carboxylic acids is 3. The van der Waals surface area contributed by atoms with Crippen molar-refractivity contribution in [3.8, 4) is 0 Å². The number of rotatable bonds is 5. The summed E-state index contributed by atoms with van der Waals surface area (Å²) >= 11 is 0. The first-order valence-corrected chi connectivity index (χ1v) is 5.50. The molecule has 6 nitrogen and oxygen atoms in total. The number of ketones is 1. The Morgan fingerprint density at radius 1 is 1.37 bits per heavy atom. The normalized spacial score (nSPS) is 9.58. The van der Waals surface area contributed by atoms with E-state index in [2.05, 4.69) is 10.1 Å². The van der Waals surface area contributed by atoms with Gasteiger partial charge in [0, 0.05) is 30.0 Å². The Balaban J connectivity index is 2.99. The van der Waals surface area contributed by atoms with Crippen molar-refractivity contribution >= 4 is 29.6 Å². The van der Waals surface area contributed by atoms with Crippen LogP contribution in [0.3, 0.4) is 0 Å². The second kappa shape index (κ2) is 6.44. The van der Waals surface area contributed by atoms with Crippen LogP contribution in [0.25, 0.3) is 0 Å². The third kappa shape index (κ3) is 4.02. The fourth-order valence-electron chi connectivity index (χ4n) is 1.46. The van der Waals surface area contributed by atoms with Gasteiger partial charge in [0.1, 0.15) is 6.42 Å². The van der Waals surface area contributed by atoms with Gasteiger partial charge < -0.3 is 15.5 Å². The first-order valence-electron chi connectivity index (χ1n) is 5.50. The van der Waals surface area contributed by atoms with Gasteiger partial charge >= 0.3 is 5.97 Å². The van der Waals surface area contributed by atoms with Gasteiger partial charge in [0.15, 0.2) is 5.78 Å². The van der Waals surface area contributed by atoms with E-state index in [1.807, 2.05) is 0 Å². The Labute approximate surface area is 110 Å². The summed E-state index contributed by atoms with van der Waals surface area (Å²) in [4.78, 5) is 33.7. The number of ether oxygens (including phenoxy) is 1. The van der Waals surface area contributed by atoms with E-state index < -0.39 is 11.8 Å². The van der Waals surface area contributed by atoms with Crippen LogP contribution in [-0.2, 0) is 14.3 Å². The van der Waals surface area contributed by atoms with Crippen LogP contribution in [-0.4, -0.2) is 31.0 Å². The van der Waals surface area contributed by atoms with Gasteiger partial charge in [-0.1, -0.05) is 0 Å². The summed E-state index contributed by atoms with van der Waals surface area (Å²) in [7, 11) is 1.21. The van der Waals surface area contributed by atoms with E-state index in [1.54, 1.807) is 0 Å². The quantitative estimate of drug-likeness (QED) is 0.362. The van der Waals surface area contributed by atoms with Crippen LogP contribution < -0.4 is 5.32 Å². The first-order chi connectivity index (χ1) is 8.97. The highest BCUT2D eigenvalue weighted by molar-refractivity contribution is 6.07. The fourth-order valence-corrected chi connectivity index (χ4v) is 1.46. The van der Waals surface area contributed by atoms with Crippen molar-refractivity contribution in [1.82, 2.24) is 0 Å². The van der Waals surface area contributed by atoms with Crippen LogP contribution >= 0.6 is 0 Å². The Morgan fingerprint density at radius 2 is 2.05 bits per heavy atom. The molecule has 0 radical (unpaired) electrons. The lowest BCUT2D eigenvalue weighted by Crippen LogP contribution is -2.11. The predicted octanol–water partition coefficient (Wildman–Crippen LogP) is 1.39. The van der Waals surface area contributed by atoms with E-state index in [9.17, 15) is 14.4 Å². The average molecular weight is 262 g/mol. The summed E-state index contributed by atoms with van der Waals surface area (Å²) in [5.41, 5.74) is 1.13. The number of hydrogen-bond acceptors (Lipinski definition) is 5. The lowest BCUT2D eigenvalue weighted by Gasteiger charge is -2.08. The maximum absolute atomic E-state index is 11.8. The Hall–Kier alpha value is -2.50. The van der Waals surface area contributed by atoms with Crippen LogP contribution in [0, 0.1) is 5.41 Å². The first kappa shape index (κ1) is 14.6. The van der Waals surface area contributed by atoms with Crippen molar-refractivity contribution in [1.29, 1.82) is 5.41 Å². The average Bonchev–Trinajstić information content (AvgIpc) is 2.38. The van der Waals surface area contributed by atoms with E-state index in [1.165, 1.54) is 32.2 Å². The fraction of sp³-hybridized carbons (Fsp3) is 0.231. The van der Waals surface area contributed by atoms with Gasteiger partial charge in [0.05, 0.1) is 7.11 Å². The minimum absolute atomic E-state index is 0.267. The molecule has 1 rings (SSSR count). The Morgan fingerprint density at radius 3 is 2.58 bits per heavy atom. The molecule has 1 aromatic rings. The summed E-state index contributed by atoms with van der Waals surface area (Å²) in [6.07, 6.45) is 0.674. The molecule has 19 heavy (non-hydrogen) atoms. The van der Waals surface area contributed by atoms with E-state index in [0.29, 0.717) is 11.3 Å². The number of Topliss-reactive ketones (excluding diaryl/α,β-unsaturated/α-hetero) is 1. The number of methoxy groups -OCH3 is 1. The predicted molar refractivity (Wildman–Crippen MR) is 69.6 cm³/mol. The van der Waals surface area contributed by atoms with Crippen LogP contribution in [0.1, 0.15) is 29.3 Å². The number of esters is 1. The Bertz CT molecular complexity index is 537. The van der Waals surface area contributed by atoms with Gasteiger partial charge in [-0.15, -0.1) is 0 Å². The van der Waals surface area contributed by atoms with Crippen molar-refractivity contribution in [3.63, 3.8) is 0 Å². The third-order valence-corrected chi connectivity index (χ3v) is 2.37. The molecule has 0 unspecified atom stereocenters. The zero-order chi connectivity index (χ0) is 14.4. The molecule has 6 heteroatoms. The van der Waals surface area contributed by atoms with Crippen molar-refractivity contribution < 1.29 is 19.1 Å². The molecule has 0 spiro atoms. The van der Waals surface area contributed by atoms with Crippen LogP contribution in [0.2, 0.25) is 0 Å². The van der Waals surface area contributed by atoms with Crippen LogP contribution in [0.15, 0.2) is 18.2 Å². The summed E-state index contributed by atoms with van der Waals surface area (Å²) in [6, 6.07) is 4.46. The second-order valence-electron chi connectivity index (χ2n) is 3.80. The number of hydrogen-bond donors (Lipinski definition) is 2. The third-order valence-electron chi connectivity index (χ3n) is 2.37. The molecule has 2 N–H and O–H groups in total. The summed E-state index contributed by atoms with van der Waals surface area (Å²) < 4.78 is 4.41. The lowest BCUT2D eigenvalue weighted by atomic mass is 10.0. The Kier molecular flexibility index (Phi) is 4.93. The number of amides is 1. The molecule has 0 aliphatic heterocycles. The molecule has 1 amide bonds. The zero-order valence-electron chi connectivity index (χ0n) is 10.6. The maximum atomic E-state index is 11.8. The largest absolute Gasteiger partial charge is 0.469 e. The van der Waals surface area contributed by atoms with Gasteiger partial charge in [-0.3, -0.25) is 14.4 Å². The minimum atomic E-state index is -0.618. The highest BCUT2D eigenvalue weighted by Gasteiger charge is 2.13. The van der Waals surface area contributed by atoms with Crippen molar-refractivity contribution in [3.05, 3.63) is 29.3 Å². The van der Waals surface area contributed by atoms with Crippen molar-refractivity contribution in [2.24, 2.45) is 0 Å². The van der Waals surface area contributed by atoms with Gasteiger partial charge in [0.25, 0.3) is 0 Å². The highest BCUT2D eigenvalue weighted by atomic mass is 16.5. The molecule has 0 aliphatic carbocycles. The molecule has 0 bridgehead atoms. The van der Waals surface area contributed by atoms with Gasteiger partial charge in [0.2, 0.25) is 5.91 Å². The van der Waals surface area contributed by atoms with Gasteiger partial charge in [-0.05, 0) is 18.2 Å². The van der Waals surface area contributed by atoms with E-state index in [-0.39, 0.29) is 17.9 Å². The smallest absolute Gasteiger partial charge is 0.313 e. The summed E-state index contributed by atoms with van der Waals surface area (Å²) in [5.74, 6) is -1.28. The van der Waals surface area contributed by atoms with Gasteiger partial charge in [-0.25, -0.2) is 0 Å². The number of nitrogens with one attached hydrogen (secondary N) is 2. The molecule has 0 heterocycles. The van der Waals surface area contributed by atoms with Crippen LogP contribution in [0.5, 0.6) is 0 Å². The summed E-state index contributed by atoms with van der Waals surface area (Å²) in [6.45, 7) is 1.35. The SMILES string of the molecule is COC(=O)CC(=O)c1ccc(NC(C)=O)c(C=N)c1. The van der Waals surface area contributed by atoms with E-state index >= 15 is 0 Å². The second-order valence-corrected chi connectivity index (χ2v) is 3.80. The number of anilines is 1. The molecule has 0 aliphatic rings. The molecule has 1 aromatic carbocycles. The van der Waals surface area contributed by atoms with E-state index in [4.69, 9.17) is 5.41 Å². The van der Waals surface area contributed by atoms with Crippen molar-refractivity contribution in [2.75, 3.05) is 12.4 Å². The molecule has 100 valence electrons. The molecule has 0 aromatic heterocycles. The monoisotopic (exact) mass is 262 g/mol. The maximum Gasteiger partial charge on any atom is 0.313 e. The highest BCUT2D eigenvalue weighted by Crippen LogP contribution is 2.17. The standard InChI is InChI=1S/C13H14N2O4/c1-8(16)15-11-4-3-9(5-10(11)7-14)12(17)6-13(18)19-2/h3-5,7,14H,6H2,1-2H3,(H,15,16). The van der Waals surface area contributed by atoms with E-state index in [0.717, 1.165) is 6.21 Å². The topological polar surface area (TPSA) is 96.3 Å². The molecule has 0 fully saturated rings. The van der Waals surface area contributed by atoms with Crippen molar-refractivity contribution in [2.45, 2.75) is 13.3 Å². The minimum Gasteiger partial charge on any atom is -0.469 e. The van der Waals surface area contributed by atoms with Crippen LogP contribution in [0.4, 0.5) is 5.69 Å². The molecular formula is C13H14N2O4. The van der Waals surface area contributed by atoms with Gasteiger partial charge in [-0.2, -0.15) is 0 Å². The molecule has 0 atom stereocenters. The molecule has 0 saturated carbocycles. The lowest BCUT2D eigenvalue weighted by molar-refractivity contribution is -0.139. The molecular weight excluding hydrogens is 248 g/mol.